The van der Waals surface area contributed by atoms with Crippen LogP contribution < -0.4 is 4.90 Å². The van der Waals surface area contributed by atoms with Crippen molar-refractivity contribution in [3.8, 4) is 0 Å². The maximum atomic E-state index is 13.0. The van der Waals surface area contributed by atoms with Gasteiger partial charge in [-0.05, 0) is 38.5 Å². The Bertz CT molecular complexity index is 856. The van der Waals surface area contributed by atoms with E-state index in [2.05, 4.69) is 22.0 Å². The first kappa shape index (κ1) is 16.1. The Labute approximate surface area is 141 Å². The molecule has 6 nitrogen and oxygen atoms in total. The van der Waals surface area contributed by atoms with Crippen LogP contribution in [0.4, 0.5) is 5.69 Å². The average Bonchev–Trinajstić information content (AvgIpc) is 3.00. The fourth-order valence-electron chi connectivity index (χ4n) is 2.65. The zero-order valence-electron chi connectivity index (χ0n) is 14.2. The van der Waals surface area contributed by atoms with Crippen molar-refractivity contribution in [1.29, 1.82) is 0 Å². The van der Waals surface area contributed by atoms with Gasteiger partial charge in [0.05, 0.1) is 0 Å². The summed E-state index contributed by atoms with van der Waals surface area (Å²) in [6.07, 6.45) is 1.93. The van der Waals surface area contributed by atoms with Crippen molar-refractivity contribution in [3.05, 3.63) is 53.6 Å². The number of anilines is 1. The molecular weight excluding hydrogens is 302 g/mol. The Balaban J connectivity index is 1.99. The summed E-state index contributed by atoms with van der Waals surface area (Å²) < 4.78 is 1.61. The van der Waals surface area contributed by atoms with E-state index in [-0.39, 0.29) is 11.7 Å². The summed E-state index contributed by atoms with van der Waals surface area (Å²) in [6, 6.07) is 11.6. The molecule has 0 N–H and O–H groups in total. The van der Waals surface area contributed by atoms with Gasteiger partial charge in [-0.2, -0.15) is 4.98 Å². The Morgan fingerprint density at radius 3 is 2.62 bits per heavy atom. The molecule has 2 heterocycles. The molecule has 0 bridgehead atoms. The highest BCUT2D eigenvalue weighted by molar-refractivity contribution is 6.03. The normalized spacial score (nSPS) is 11.0. The number of carbonyl (C=O) groups is 1. The van der Waals surface area contributed by atoms with Crippen LogP contribution in [0.5, 0.6) is 0 Å². The van der Waals surface area contributed by atoms with Crippen molar-refractivity contribution in [2.75, 3.05) is 11.4 Å². The van der Waals surface area contributed by atoms with Crippen molar-refractivity contribution in [2.45, 2.75) is 33.6 Å². The van der Waals surface area contributed by atoms with E-state index in [1.165, 1.54) is 0 Å². The summed E-state index contributed by atoms with van der Waals surface area (Å²) in [5, 5.41) is 4.36. The second-order valence-corrected chi connectivity index (χ2v) is 5.83. The van der Waals surface area contributed by atoms with Gasteiger partial charge in [0.15, 0.2) is 0 Å². The standard InChI is InChI=1S/C18H21N5O/c1-4-5-11-22(15-9-7-6-8-10-15)17(24)16-20-18-19-13(2)12-14(3)23(18)21-16/h6-10,12H,4-5,11H2,1-3H3. The van der Waals surface area contributed by atoms with E-state index in [9.17, 15) is 4.79 Å². The second kappa shape index (κ2) is 6.78. The molecule has 0 saturated heterocycles. The lowest BCUT2D eigenvalue weighted by Crippen LogP contribution is -2.32. The van der Waals surface area contributed by atoms with Crippen LogP contribution in [0.15, 0.2) is 36.4 Å². The third-order valence-corrected chi connectivity index (χ3v) is 3.86. The predicted octanol–water partition coefficient (Wildman–Crippen LogP) is 3.19. The molecule has 0 atom stereocenters. The number of hydrogen-bond donors (Lipinski definition) is 0. The van der Waals surface area contributed by atoms with Crippen molar-refractivity contribution >= 4 is 17.4 Å². The third-order valence-electron chi connectivity index (χ3n) is 3.86. The molecule has 24 heavy (non-hydrogen) atoms. The summed E-state index contributed by atoms with van der Waals surface area (Å²) >= 11 is 0. The van der Waals surface area contributed by atoms with Gasteiger partial charge in [-0.1, -0.05) is 31.5 Å². The van der Waals surface area contributed by atoms with Gasteiger partial charge in [0, 0.05) is 23.6 Å². The lowest BCUT2D eigenvalue weighted by atomic mass is 10.2. The Morgan fingerprint density at radius 2 is 1.92 bits per heavy atom. The minimum Gasteiger partial charge on any atom is -0.306 e. The number of benzene rings is 1. The number of fused-ring (bicyclic) bond motifs is 1. The average molecular weight is 323 g/mol. The minimum absolute atomic E-state index is 0.177. The molecule has 0 fully saturated rings. The molecule has 0 spiro atoms. The summed E-state index contributed by atoms with van der Waals surface area (Å²) in [5.41, 5.74) is 2.62. The molecule has 0 aliphatic rings. The van der Waals surface area contributed by atoms with Gasteiger partial charge in [0.2, 0.25) is 5.82 Å². The highest BCUT2D eigenvalue weighted by atomic mass is 16.2. The number of rotatable bonds is 5. The first-order valence-corrected chi connectivity index (χ1v) is 8.18. The predicted molar refractivity (Wildman–Crippen MR) is 93.3 cm³/mol. The molecule has 2 aromatic heterocycles. The summed E-state index contributed by atoms with van der Waals surface area (Å²) in [5.74, 6) is 0.438. The van der Waals surface area contributed by atoms with Crippen molar-refractivity contribution in [3.63, 3.8) is 0 Å². The van der Waals surface area contributed by atoms with E-state index >= 15 is 0 Å². The lowest BCUT2D eigenvalue weighted by Gasteiger charge is -2.21. The van der Waals surface area contributed by atoms with Gasteiger partial charge < -0.3 is 4.90 Å². The Kier molecular flexibility index (Phi) is 4.55. The van der Waals surface area contributed by atoms with Gasteiger partial charge in [-0.3, -0.25) is 4.79 Å². The van der Waals surface area contributed by atoms with Crippen molar-refractivity contribution < 1.29 is 4.79 Å². The molecule has 0 saturated carbocycles. The van der Waals surface area contributed by atoms with Crippen LogP contribution in [0.2, 0.25) is 0 Å². The molecular formula is C18H21N5O. The molecule has 3 aromatic rings. The fraction of sp³-hybridized carbons (Fsp3) is 0.333. The summed E-state index contributed by atoms with van der Waals surface area (Å²) in [6.45, 7) is 6.57. The fourth-order valence-corrected chi connectivity index (χ4v) is 2.65. The zero-order valence-corrected chi connectivity index (χ0v) is 14.2. The molecule has 0 aliphatic heterocycles. The maximum Gasteiger partial charge on any atom is 0.298 e. The van der Waals surface area contributed by atoms with E-state index in [0.717, 1.165) is 29.9 Å². The smallest absolute Gasteiger partial charge is 0.298 e. The van der Waals surface area contributed by atoms with Crippen molar-refractivity contribution in [1.82, 2.24) is 19.6 Å². The van der Waals surface area contributed by atoms with E-state index < -0.39 is 0 Å². The van der Waals surface area contributed by atoms with E-state index in [0.29, 0.717) is 12.3 Å². The highest BCUT2D eigenvalue weighted by Crippen LogP contribution is 2.17. The lowest BCUT2D eigenvalue weighted by molar-refractivity contribution is 0.0977. The van der Waals surface area contributed by atoms with E-state index in [4.69, 9.17) is 0 Å². The molecule has 0 aliphatic carbocycles. The van der Waals surface area contributed by atoms with Crippen LogP contribution >= 0.6 is 0 Å². The monoisotopic (exact) mass is 323 g/mol. The van der Waals surface area contributed by atoms with Crippen LogP contribution in [0.1, 0.15) is 41.8 Å². The third kappa shape index (κ3) is 3.13. The Hall–Kier alpha value is -2.76. The minimum atomic E-state index is -0.197. The summed E-state index contributed by atoms with van der Waals surface area (Å²) in [4.78, 5) is 23.4. The number of amides is 1. The summed E-state index contributed by atoms with van der Waals surface area (Å²) in [7, 11) is 0. The number of para-hydroxylation sites is 1. The molecule has 3 rings (SSSR count). The SMILES string of the molecule is CCCCN(C(=O)c1nc2nc(C)cc(C)n2n1)c1ccccc1. The molecule has 1 amide bonds. The quantitative estimate of drug-likeness (QED) is 0.723. The number of hydrogen-bond acceptors (Lipinski definition) is 4. The maximum absolute atomic E-state index is 13.0. The molecule has 6 heteroatoms. The number of aryl methyl sites for hydroxylation is 2. The second-order valence-electron chi connectivity index (χ2n) is 5.83. The molecule has 124 valence electrons. The molecule has 0 radical (unpaired) electrons. The highest BCUT2D eigenvalue weighted by Gasteiger charge is 2.22. The van der Waals surface area contributed by atoms with Crippen LogP contribution in [-0.2, 0) is 0 Å². The van der Waals surface area contributed by atoms with Crippen LogP contribution in [0.25, 0.3) is 5.78 Å². The molecule has 0 unspecified atom stereocenters. The van der Waals surface area contributed by atoms with Gasteiger partial charge in [0.25, 0.3) is 11.7 Å². The first-order chi connectivity index (χ1) is 11.6. The van der Waals surface area contributed by atoms with Gasteiger partial charge in [-0.25, -0.2) is 9.50 Å². The first-order valence-electron chi connectivity index (χ1n) is 8.18. The number of carbonyl (C=O) groups excluding carboxylic acids is 1. The van der Waals surface area contributed by atoms with Gasteiger partial charge >= 0.3 is 0 Å². The van der Waals surface area contributed by atoms with E-state index in [1.807, 2.05) is 50.2 Å². The van der Waals surface area contributed by atoms with Crippen LogP contribution in [0, 0.1) is 13.8 Å². The van der Waals surface area contributed by atoms with Crippen molar-refractivity contribution in [2.24, 2.45) is 0 Å². The number of unbranched alkanes of at least 4 members (excludes halogenated alkanes) is 1. The topological polar surface area (TPSA) is 63.4 Å². The molecule has 1 aromatic carbocycles. The van der Waals surface area contributed by atoms with Crippen LogP contribution in [0.3, 0.4) is 0 Å². The zero-order chi connectivity index (χ0) is 17.1. The van der Waals surface area contributed by atoms with Gasteiger partial charge in [0.1, 0.15) is 0 Å². The van der Waals surface area contributed by atoms with Gasteiger partial charge in [-0.15, -0.1) is 5.10 Å². The largest absolute Gasteiger partial charge is 0.306 e. The van der Waals surface area contributed by atoms with Crippen LogP contribution in [-0.4, -0.2) is 32.0 Å². The number of aromatic nitrogens is 4. The number of nitrogens with zero attached hydrogens (tertiary/aromatic N) is 5. The van der Waals surface area contributed by atoms with E-state index in [1.54, 1.807) is 9.42 Å². The Morgan fingerprint density at radius 1 is 1.17 bits per heavy atom.